The van der Waals surface area contributed by atoms with Gasteiger partial charge in [-0.15, -0.1) is 0 Å². The van der Waals surface area contributed by atoms with E-state index < -0.39 is 53.3 Å². The van der Waals surface area contributed by atoms with Crippen molar-refractivity contribution >= 4 is 11.9 Å². The fourth-order valence-electron chi connectivity index (χ4n) is 6.03. The predicted molar refractivity (Wildman–Crippen MR) is 147 cm³/mol. The maximum Gasteiger partial charge on any atom is 0.417 e. The van der Waals surface area contributed by atoms with Crippen LogP contribution in [0.2, 0.25) is 0 Å². The van der Waals surface area contributed by atoms with Crippen LogP contribution >= 0.6 is 0 Å². The topological polar surface area (TPSA) is 87.2 Å². The highest BCUT2D eigenvalue weighted by atomic mass is 19.4. The molecule has 42 heavy (non-hydrogen) atoms. The Morgan fingerprint density at radius 1 is 1.12 bits per heavy atom. The second kappa shape index (κ2) is 13.0. The number of benzene rings is 1. The van der Waals surface area contributed by atoms with Crippen LogP contribution in [0.25, 0.3) is 0 Å². The Bertz CT molecular complexity index is 1230. The number of carbonyl (C=O) groups excluding carboxylic acids is 2. The average molecular weight is 593 g/mol. The Morgan fingerprint density at radius 3 is 2.40 bits per heavy atom. The van der Waals surface area contributed by atoms with Crippen molar-refractivity contribution in [3.8, 4) is 5.88 Å². The molecule has 0 spiro atoms. The van der Waals surface area contributed by atoms with Gasteiger partial charge in [0.15, 0.2) is 0 Å². The lowest BCUT2D eigenvalue weighted by Crippen LogP contribution is -2.51. The normalized spacial score (nSPS) is 24.9. The van der Waals surface area contributed by atoms with Gasteiger partial charge < -0.3 is 23.8 Å². The van der Waals surface area contributed by atoms with Crippen LogP contribution < -0.4 is 4.74 Å². The van der Waals surface area contributed by atoms with Gasteiger partial charge >= 0.3 is 12.1 Å². The molecule has 11 heteroatoms. The summed E-state index contributed by atoms with van der Waals surface area (Å²) < 4.78 is 63.8. The Labute approximate surface area is 244 Å². The number of alkyl halides is 3. The number of methoxy groups -OCH3 is 1. The average Bonchev–Trinajstić information content (AvgIpc) is 3.32. The third-order valence-electron chi connectivity index (χ3n) is 7.86. The van der Waals surface area contributed by atoms with Gasteiger partial charge in [-0.1, -0.05) is 51.1 Å². The van der Waals surface area contributed by atoms with E-state index in [-0.39, 0.29) is 30.6 Å². The van der Waals surface area contributed by atoms with Gasteiger partial charge in [-0.25, -0.2) is 9.78 Å². The first-order valence-corrected chi connectivity index (χ1v) is 14.3. The minimum Gasteiger partial charge on any atom is -0.481 e. The number of aromatic nitrogens is 1. The second-order valence-electron chi connectivity index (χ2n) is 11.7. The van der Waals surface area contributed by atoms with Crippen molar-refractivity contribution in [3.05, 3.63) is 59.3 Å². The molecule has 8 nitrogen and oxygen atoms in total. The maximum absolute atomic E-state index is 14.2. The monoisotopic (exact) mass is 592 g/mol. The fourth-order valence-corrected chi connectivity index (χ4v) is 6.03. The van der Waals surface area contributed by atoms with E-state index in [1.807, 2.05) is 51.1 Å². The predicted octanol–water partition coefficient (Wildman–Crippen LogP) is 5.74. The summed E-state index contributed by atoms with van der Waals surface area (Å²) >= 11 is 0. The summed E-state index contributed by atoms with van der Waals surface area (Å²) in [6.07, 6.45) is -3.25. The molecule has 2 aliphatic rings. The number of pyridine rings is 1. The maximum atomic E-state index is 14.2. The largest absolute Gasteiger partial charge is 0.481 e. The van der Waals surface area contributed by atoms with E-state index in [0.717, 1.165) is 24.5 Å². The van der Waals surface area contributed by atoms with Crippen LogP contribution in [0.15, 0.2) is 42.6 Å². The quantitative estimate of drug-likeness (QED) is 0.361. The van der Waals surface area contributed by atoms with Crippen molar-refractivity contribution in [1.29, 1.82) is 0 Å². The highest BCUT2D eigenvalue weighted by molar-refractivity contribution is 5.89. The molecule has 0 aliphatic carbocycles. The van der Waals surface area contributed by atoms with Crippen LogP contribution in [0.5, 0.6) is 5.88 Å². The fraction of sp³-hybridized carbons (Fsp3) is 0.581. The molecule has 3 heterocycles. The number of amides is 1. The van der Waals surface area contributed by atoms with E-state index in [2.05, 4.69) is 4.98 Å². The zero-order chi connectivity index (χ0) is 30.7. The summed E-state index contributed by atoms with van der Waals surface area (Å²) in [6.45, 7) is 7.79. The number of esters is 1. The summed E-state index contributed by atoms with van der Waals surface area (Å²) in [6, 6.07) is 8.39. The lowest BCUT2D eigenvalue weighted by Gasteiger charge is -2.36. The van der Waals surface area contributed by atoms with Crippen LogP contribution in [0.4, 0.5) is 13.2 Å². The van der Waals surface area contributed by atoms with E-state index >= 15 is 0 Å². The third-order valence-corrected chi connectivity index (χ3v) is 7.86. The van der Waals surface area contributed by atoms with Crippen LogP contribution in [-0.2, 0) is 36.6 Å². The van der Waals surface area contributed by atoms with Crippen LogP contribution in [-0.4, -0.2) is 60.3 Å². The minimum atomic E-state index is -4.61. The first-order chi connectivity index (χ1) is 19.9. The molecule has 230 valence electrons. The molecule has 0 unspecified atom stereocenters. The molecule has 2 aliphatic heterocycles. The molecule has 4 rings (SSSR count). The van der Waals surface area contributed by atoms with Gasteiger partial charge in [0.25, 0.3) is 5.91 Å². The molecule has 2 fully saturated rings. The minimum absolute atomic E-state index is 0.00459. The smallest absolute Gasteiger partial charge is 0.417 e. The number of halogens is 3. The molecule has 0 saturated carbocycles. The lowest BCUT2D eigenvalue weighted by atomic mass is 9.73. The number of rotatable bonds is 8. The van der Waals surface area contributed by atoms with Crippen LogP contribution in [0, 0.1) is 11.3 Å². The van der Waals surface area contributed by atoms with Crippen molar-refractivity contribution in [2.75, 3.05) is 20.3 Å². The van der Waals surface area contributed by atoms with Crippen molar-refractivity contribution in [1.82, 2.24) is 9.88 Å². The number of nitrogens with zero attached hydrogens (tertiary/aromatic N) is 2. The molecular formula is C31H39F3N2O6. The summed E-state index contributed by atoms with van der Waals surface area (Å²) in [5, 5.41) is 0. The van der Waals surface area contributed by atoms with Gasteiger partial charge in [0, 0.05) is 24.3 Å². The van der Waals surface area contributed by atoms with E-state index in [1.165, 1.54) is 7.11 Å². The molecule has 0 radical (unpaired) electrons. The number of hydrogen-bond donors (Lipinski definition) is 0. The Kier molecular flexibility index (Phi) is 9.82. The number of hydrogen-bond acceptors (Lipinski definition) is 7. The molecule has 2 saturated heterocycles. The van der Waals surface area contributed by atoms with Crippen LogP contribution in [0.1, 0.15) is 69.7 Å². The van der Waals surface area contributed by atoms with Crippen molar-refractivity contribution in [2.45, 2.75) is 84.0 Å². The first kappa shape index (κ1) is 31.7. The Morgan fingerprint density at radius 2 is 1.83 bits per heavy atom. The zero-order valence-electron chi connectivity index (χ0n) is 24.6. The first-order valence-electron chi connectivity index (χ1n) is 14.3. The van der Waals surface area contributed by atoms with Gasteiger partial charge in [0.1, 0.15) is 12.1 Å². The van der Waals surface area contributed by atoms with Gasteiger partial charge in [0.05, 0.1) is 38.0 Å². The molecule has 1 aromatic carbocycles. The lowest BCUT2D eigenvalue weighted by molar-refractivity contribution is -0.162. The second-order valence-corrected chi connectivity index (χ2v) is 11.7. The van der Waals surface area contributed by atoms with E-state index in [1.54, 1.807) is 11.8 Å². The zero-order valence-corrected chi connectivity index (χ0v) is 24.6. The summed E-state index contributed by atoms with van der Waals surface area (Å²) in [4.78, 5) is 33.3. The molecular weight excluding hydrogens is 553 g/mol. The van der Waals surface area contributed by atoms with Crippen LogP contribution in [0.3, 0.4) is 0 Å². The highest BCUT2D eigenvalue weighted by Crippen LogP contribution is 2.50. The van der Waals surface area contributed by atoms with Crippen molar-refractivity contribution in [2.24, 2.45) is 11.3 Å². The molecule has 1 amide bonds. The van der Waals surface area contributed by atoms with Crippen molar-refractivity contribution in [3.63, 3.8) is 0 Å². The van der Waals surface area contributed by atoms with E-state index in [9.17, 15) is 22.8 Å². The molecule has 5 atom stereocenters. The molecule has 0 bridgehead atoms. The number of likely N-dealkylation sites (tertiary alicyclic amines) is 1. The van der Waals surface area contributed by atoms with Gasteiger partial charge in [-0.05, 0) is 43.2 Å². The van der Waals surface area contributed by atoms with E-state index in [0.29, 0.717) is 19.2 Å². The number of ether oxygens (including phenoxy) is 4. The number of carbonyl (C=O) groups is 2. The standard InChI is InChI=1S/C31H39F3N2O6/c1-6-40-29(38)25-23(30(2,3)4)26(42-18-20-16-21(31(32,33)34)17-35-27(20)39-5)24(19-12-8-7-9-13-19)36(25)28(37)22-14-10-11-15-41-22/h7-9,12-13,16-17,22-26H,6,10-11,14-15,18H2,1-5H3/t22-,23-,24+,25+,26+/m1/s1. The summed E-state index contributed by atoms with van der Waals surface area (Å²) in [5.74, 6) is -1.48. The Hall–Kier alpha value is -3.18. The molecule has 1 aromatic heterocycles. The van der Waals surface area contributed by atoms with Gasteiger partial charge in [-0.2, -0.15) is 13.2 Å². The van der Waals surface area contributed by atoms with Crippen molar-refractivity contribution < 1.29 is 41.7 Å². The van der Waals surface area contributed by atoms with E-state index in [4.69, 9.17) is 18.9 Å². The molecule has 2 aromatic rings. The highest BCUT2D eigenvalue weighted by Gasteiger charge is 2.60. The van der Waals surface area contributed by atoms with Gasteiger partial charge in [0.2, 0.25) is 5.88 Å². The third kappa shape index (κ3) is 6.72. The summed E-state index contributed by atoms with van der Waals surface area (Å²) in [5.41, 5.74) is -0.703. The Balaban J connectivity index is 1.84. The summed E-state index contributed by atoms with van der Waals surface area (Å²) in [7, 11) is 1.32. The molecule has 0 N–H and O–H groups in total. The van der Waals surface area contributed by atoms with Gasteiger partial charge in [-0.3, -0.25) is 4.79 Å². The SMILES string of the molecule is CCOC(=O)[C@@H]1[C@@H](C(C)(C)C)[C@H](OCc2cc(C(F)(F)F)cnc2OC)[C@H](c2ccccc2)N1C(=O)[C@H]1CCCCO1.